The van der Waals surface area contributed by atoms with Gasteiger partial charge in [-0.15, -0.1) is 0 Å². The van der Waals surface area contributed by atoms with E-state index in [1.165, 1.54) is 7.11 Å². The summed E-state index contributed by atoms with van der Waals surface area (Å²) >= 11 is 0. The zero-order valence-corrected chi connectivity index (χ0v) is 11.4. The first kappa shape index (κ1) is 15.5. The van der Waals surface area contributed by atoms with Gasteiger partial charge in [-0.1, -0.05) is 0 Å². The molecule has 0 aliphatic rings. The number of hydrogen-bond donors (Lipinski definition) is 7. The van der Waals surface area contributed by atoms with E-state index in [-0.39, 0.29) is 23.9 Å². The summed E-state index contributed by atoms with van der Waals surface area (Å²) in [4.78, 5) is 30.4. The van der Waals surface area contributed by atoms with E-state index < -0.39 is 8.80 Å². The second kappa shape index (κ2) is 7.12. The van der Waals surface area contributed by atoms with Gasteiger partial charge in [0.25, 0.3) is 0 Å². The Morgan fingerprint density at radius 2 is 1.63 bits per heavy atom. The average Bonchev–Trinajstić information content (AvgIpc) is 2.43. The van der Waals surface area contributed by atoms with Gasteiger partial charge in [0.15, 0.2) is 0 Å². The molecule has 1 rings (SSSR count). The molecule has 0 amide bonds. The zero-order valence-electron chi connectivity index (χ0n) is 10.4. The Hall–Kier alpha value is -1.57. The van der Waals surface area contributed by atoms with Crippen molar-refractivity contribution in [3.8, 4) is 0 Å². The van der Waals surface area contributed by atoms with Crippen molar-refractivity contribution in [2.24, 2.45) is 11.7 Å². The van der Waals surface area contributed by atoms with E-state index in [1.54, 1.807) is 0 Å². The Balaban J connectivity index is 2.49. The van der Waals surface area contributed by atoms with Gasteiger partial charge in [-0.05, 0) is 6.42 Å². The van der Waals surface area contributed by atoms with Crippen LogP contribution in [-0.4, -0.2) is 47.0 Å². The third kappa shape index (κ3) is 5.29. The number of rotatable bonds is 8. The molecule has 0 aromatic carbocycles. The fraction of sp³-hybridized carbons (Fsp3) is 0.571. The van der Waals surface area contributed by atoms with Crippen LogP contribution in [0.15, 0.2) is 0 Å². The number of nitrogens with two attached hydrogens (primary N) is 2. The molecule has 108 valence electrons. The number of hydrogen-bond acceptors (Lipinski definition) is 11. The topological polar surface area (TPSA) is 176 Å². The molecule has 0 fully saturated rings. The molecule has 9 N–H and O–H groups in total. The molecular formula is C7H18N8O3Si. The Kier molecular flexibility index (Phi) is 5.81. The van der Waals surface area contributed by atoms with E-state index in [2.05, 4.69) is 35.5 Å². The minimum absolute atomic E-state index is 0.148. The predicted octanol–water partition coefficient (Wildman–Crippen LogP) is -2.19. The summed E-state index contributed by atoms with van der Waals surface area (Å²) < 4.78 is 4.59. The number of nitrogens with one attached hydrogen (secondary N) is 3. The van der Waals surface area contributed by atoms with Crippen molar-refractivity contribution >= 4 is 26.6 Å². The minimum Gasteiger partial charge on any atom is -0.390 e. The molecule has 12 heteroatoms. The fourth-order valence-corrected chi connectivity index (χ4v) is 2.05. The van der Waals surface area contributed by atoms with Crippen molar-refractivity contribution in [1.82, 2.24) is 15.0 Å². The van der Waals surface area contributed by atoms with Gasteiger partial charge in [0.2, 0.25) is 17.8 Å². The molecule has 0 aliphatic heterocycles. The Morgan fingerprint density at radius 1 is 1.11 bits per heavy atom. The van der Waals surface area contributed by atoms with Crippen LogP contribution in [0, 0.1) is 0 Å². The predicted molar refractivity (Wildman–Crippen MR) is 70.6 cm³/mol. The monoisotopic (exact) mass is 290 g/mol. The summed E-state index contributed by atoms with van der Waals surface area (Å²) in [6.45, 7) is 0.428. The lowest BCUT2D eigenvalue weighted by atomic mass is 10.5. The van der Waals surface area contributed by atoms with Crippen LogP contribution in [0.25, 0.3) is 0 Å². The largest absolute Gasteiger partial charge is 0.495 e. The highest BCUT2D eigenvalue weighted by Crippen LogP contribution is 2.09. The first-order valence-electron chi connectivity index (χ1n) is 5.44. The van der Waals surface area contributed by atoms with Crippen LogP contribution in [-0.2, 0) is 4.43 Å². The van der Waals surface area contributed by atoms with Crippen LogP contribution in [0.1, 0.15) is 6.42 Å². The molecule has 19 heavy (non-hydrogen) atoms. The second-order valence-electron chi connectivity index (χ2n) is 3.57. The highest BCUT2D eigenvalue weighted by Gasteiger charge is 2.29. The third-order valence-corrected chi connectivity index (χ3v) is 3.84. The summed E-state index contributed by atoms with van der Waals surface area (Å²) in [5, 5.41) is 2.88. The van der Waals surface area contributed by atoms with Gasteiger partial charge in [-0.2, -0.15) is 15.0 Å². The van der Waals surface area contributed by atoms with Crippen molar-refractivity contribution in [2.75, 3.05) is 29.8 Å². The summed E-state index contributed by atoms with van der Waals surface area (Å²) in [5.74, 6) is 10.9. The summed E-state index contributed by atoms with van der Waals surface area (Å²) in [6, 6.07) is 0.172. The molecule has 0 radical (unpaired) electrons. The molecule has 1 aromatic rings. The molecule has 11 nitrogen and oxygen atoms in total. The van der Waals surface area contributed by atoms with Gasteiger partial charge >= 0.3 is 8.80 Å². The van der Waals surface area contributed by atoms with Gasteiger partial charge in [0.1, 0.15) is 0 Å². The van der Waals surface area contributed by atoms with Gasteiger partial charge in [0, 0.05) is 19.7 Å². The fourth-order valence-electron chi connectivity index (χ4n) is 1.21. The van der Waals surface area contributed by atoms with Gasteiger partial charge in [-0.25, -0.2) is 11.7 Å². The lowest BCUT2D eigenvalue weighted by Crippen LogP contribution is -2.37. The maximum absolute atomic E-state index is 9.33. The number of nitrogens with zero attached hydrogens (tertiary/aromatic N) is 3. The maximum Gasteiger partial charge on any atom is 0.495 e. The lowest BCUT2D eigenvalue weighted by Gasteiger charge is -2.14. The maximum atomic E-state index is 9.33. The molecule has 0 bridgehead atoms. The average molecular weight is 290 g/mol. The lowest BCUT2D eigenvalue weighted by molar-refractivity contribution is 0.184. The quantitative estimate of drug-likeness (QED) is 0.120. The van der Waals surface area contributed by atoms with Crippen LogP contribution in [0.2, 0.25) is 6.04 Å². The SMILES string of the molecule is CO[Si](O)(O)CCCNc1nc(NN)nc(NN)n1. The number of hydrazine groups is 2. The molecule has 0 atom stereocenters. The van der Waals surface area contributed by atoms with Gasteiger partial charge < -0.3 is 19.3 Å². The Morgan fingerprint density at radius 3 is 2.11 bits per heavy atom. The van der Waals surface area contributed by atoms with E-state index in [0.717, 1.165) is 0 Å². The van der Waals surface area contributed by atoms with Crippen molar-refractivity contribution in [2.45, 2.75) is 12.5 Å². The molecule has 0 aliphatic carbocycles. The van der Waals surface area contributed by atoms with Crippen LogP contribution in [0.4, 0.5) is 17.8 Å². The molecule has 0 saturated carbocycles. The van der Waals surface area contributed by atoms with Crippen LogP contribution in [0.3, 0.4) is 0 Å². The van der Waals surface area contributed by atoms with E-state index in [0.29, 0.717) is 13.0 Å². The number of aromatic nitrogens is 3. The smallest absolute Gasteiger partial charge is 0.390 e. The van der Waals surface area contributed by atoms with Gasteiger partial charge in [0.05, 0.1) is 0 Å². The standard InChI is InChI=1S/C7H18N8O3Si/c1-18-19(16,17)4-2-3-10-5-11-6(14-8)13-7(12-5)15-9/h16-17H,2-4,8-9H2,1H3,(H3,10,11,12,13,14,15). The van der Waals surface area contributed by atoms with Crippen molar-refractivity contribution in [3.63, 3.8) is 0 Å². The van der Waals surface area contributed by atoms with Crippen LogP contribution >= 0.6 is 0 Å². The van der Waals surface area contributed by atoms with E-state index in [1.807, 2.05) is 0 Å². The number of nitrogen functional groups attached to an aromatic ring is 2. The molecule has 1 aromatic heterocycles. The van der Waals surface area contributed by atoms with E-state index in [4.69, 9.17) is 11.7 Å². The zero-order chi connectivity index (χ0) is 14.3. The summed E-state index contributed by atoms with van der Waals surface area (Å²) in [5.41, 5.74) is 4.55. The molecule has 0 saturated heterocycles. The first-order valence-corrected chi connectivity index (χ1v) is 7.45. The van der Waals surface area contributed by atoms with Gasteiger partial charge in [-0.3, -0.25) is 10.9 Å². The van der Waals surface area contributed by atoms with Crippen molar-refractivity contribution in [1.29, 1.82) is 0 Å². The number of anilines is 3. The normalized spacial score (nSPS) is 11.2. The molecular weight excluding hydrogens is 272 g/mol. The summed E-state index contributed by atoms with van der Waals surface area (Å²) in [7, 11) is -2.24. The Bertz CT molecular complexity index is 384. The molecule has 1 heterocycles. The first-order chi connectivity index (χ1) is 9.00. The van der Waals surface area contributed by atoms with Crippen molar-refractivity contribution < 1.29 is 14.0 Å². The van der Waals surface area contributed by atoms with Crippen molar-refractivity contribution in [3.05, 3.63) is 0 Å². The highest BCUT2D eigenvalue weighted by molar-refractivity contribution is 6.57. The molecule has 0 unspecified atom stereocenters. The highest BCUT2D eigenvalue weighted by atomic mass is 28.4. The van der Waals surface area contributed by atoms with E-state index in [9.17, 15) is 9.59 Å². The van der Waals surface area contributed by atoms with Crippen LogP contribution in [0.5, 0.6) is 0 Å². The Labute approximate surface area is 110 Å². The van der Waals surface area contributed by atoms with Crippen LogP contribution < -0.4 is 27.9 Å². The third-order valence-electron chi connectivity index (χ3n) is 2.18. The van der Waals surface area contributed by atoms with E-state index >= 15 is 0 Å². The molecule has 0 spiro atoms. The minimum atomic E-state index is -3.51. The summed E-state index contributed by atoms with van der Waals surface area (Å²) in [6.07, 6.45) is 0.482. The second-order valence-corrected chi connectivity index (χ2v) is 5.97.